The van der Waals surface area contributed by atoms with Gasteiger partial charge in [-0.3, -0.25) is 4.98 Å². The topological polar surface area (TPSA) is 56.3 Å². The van der Waals surface area contributed by atoms with E-state index in [2.05, 4.69) is 9.17 Å². The lowest BCUT2D eigenvalue weighted by atomic mass is 10.1. The minimum Gasteiger partial charge on any atom is -0.375 e. The molecule has 0 aliphatic rings. The van der Waals surface area contributed by atoms with E-state index in [1.807, 2.05) is 0 Å². The van der Waals surface area contributed by atoms with Crippen LogP contribution in [0.4, 0.5) is 17.6 Å². The van der Waals surface area contributed by atoms with Crippen LogP contribution in [0.25, 0.3) is 11.1 Å². The van der Waals surface area contributed by atoms with Gasteiger partial charge >= 0.3 is 15.6 Å². The van der Waals surface area contributed by atoms with Crippen molar-refractivity contribution in [3.05, 3.63) is 48.5 Å². The van der Waals surface area contributed by atoms with E-state index in [0.29, 0.717) is 0 Å². The molecule has 0 unspecified atom stereocenters. The summed E-state index contributed by atoms with van der Waals surface area (Å²) in [5, 5.41) is 0. The quantitative estimate of drug-likeness (QED) is 0.495. The molecule has 0 saturated heterocycles. The molecule has 1 aromatic heterocycles. The normalized spacial score (nSPS) is 12.2. The Morgan fingerprint density at radius 3 is 2.24 bits per heavy atom. The van der Waals surface area contributed by atoms with Gasteiger partial charge in [0.1, 0.15) is 5.82 Å². The number of alkyl halides is 3. The summed E-state index contributed by atoms with van der Waals surface area (Å²) < 4.78 is 76.4. The van der Waals surface area contributed by atoms with E-state index in [4.69, 9.17) is 0 Å². The monoisotopic (exact) mass is 321 g/mol. The van der Waals surface area contributed by atoms with Gasteiger partial charge in [-0.25, -0.2) is 4.39 Å². The fourth-order valence-electron chi connectivity index (χ4n) is 1.50. The second-order valence-corrected chi connectivity index (χ2v) is 5.40. The van der Waals surface area contributed by atoms with Gasteiger partial charge in [-0.2, -0.15) is 21.6 Å². The number of benzene rings is 1. The van der Waals surface area contributed by atoms with Crippen LogP contribution < -0.4 is 4.18 Å². The third-order valence-electron chi connectivity index (χ3n) is 2.42. The maximum absolute atomic E-state index is 13.3. The van der Waals surface area contributed by atoms with Crippen LogP contribution in [0.3, 0.4) is 0 Å². The molecule has 21 heavy (non-hydrogen) atoms. The number of hydrogen-bond donors (Lipinski definition) is 0. The third-order valence-corrected chi connectivity index (χ3v) is 3.38. The van der Waals surface area contributed by atoms with Gasteiger partial charge < -0.3 is 4.18 Å². The van der Waals surface area contributed by atoms with Crippen LogP contribution in [-0.2, 0) is 10.1 Å². The van der Waals surface area contributed by atoms with Crippen LogP contribution in [0, 0.1) is 5.82 Å². The Morgan fingerprint density at radius 1 is 1.05 bits per heavy atom. The third kappa shape index (κ3) is 3.30. The standard InChI is InChI=1S/C12H7F4NO3S/c13-9-1-2-11(20-21(18,19)12(14,15)16)10(7-9)8-3-5-17-6-4-8/h1-7H. The highest BCUT2D eigenvalue weighted by Crippen LogP contribution is 2.34. The molecular weight excluding hydrogens is 314 g/mol. The number of pyridine rings is 1. The number of rotatable bonds is 3. The summed E-state index contributed by atoms with van der Waals surface area (Å²) in [6.45, 7) is 0. The van der Waals surface area contributed by atoms with Gasteiger partial charge in [0.05, 0.1) is 0 Å². The van der Waals surface area contributed by atoms with Crippen LogP contribution >= 0.6 is 0 Å². The Morgan fingerprint density at radius 2 is 1.67 bits per heavy atom. The molecule has 4 nitrogen and oxygen atoms in total. The van der Waals surface area contributed by atoms with E-state index in [1.165, 1.54) is 24.5 Å². The van der Waals surface area contributed by atoms with E-state index < -0.39 is 27.2 Å². The van der Waals surface area contributed by atoms with Gasteiger partial charge in [-0.15, -0.1) is 0 Å². The zero-order valence-corrected chi connectivity index (χ0v) is 11.0. The van der Waals surface area contributed by atoms with Crippen molar-refractivity contribution in [3.63, 3.8) is 0 Å². The molecule has 2 aromatic rings. The maximum Gasteiger partial charge on any atom is 0.534 e. The molecule has 9 heteroatoms. The predicted molar refractivity (Wildman–Crippen MR) is 65.2 cm³/mol. The molecule has 0 atom stereocenters. The Bertz CT molecular complexity index is 745. The van der Waals surface area contributed by atoms with Gasteiger partial charge in [-0.1, -0.05) is 0 Å². The Labute approximate surface area is 117 Å². The van der Waals surface area contributed by atoms with Crippen molar-refractivity contribution >= 4 is 10.1 Å². The lowest BCUT2D eigenvalue weighted by molar-refractivity contribution is -0.0499. The first-order valence-electron chi connectivity index (χ1n) is 5.41. The van der Waals surface area contributed by atoms with Gasteiger partial charge in [0, 0.05) is 18.0 Å². The summed E-state index contributed by atoms with van der Waals surface area (Å²) in [5.74, 6) is -1.38. The molecule has 1 heterocycles. The fourth-order valence-corrected chi connectivity index (χ4v) is 1.97. The van der Waals surface area contributed by atoms with Crippen molar-refractivity contribution in [1.82, 2.24) is 4.98 Å². The van der Waals surface area contributed by atoms with E-state index in [-0.39, 0.29) is 11.1 Å². The SMILES string of the molecule is O=S(=O)(Oc1ccc(F)cc1-c1ccncc1)C(F)(F)F. The highest BCUT2D eigenvalue weighted by Gasteiger charge is 2.48. The molecule has 2 rings (SSSR count). The summed E-state index contributed by atoms with van der Waals surface area (Å²) in [4.78, 5) is 3.70. The van der Waals surface area contributed by atoms with E-state index in [9.17, 15) is 26.0 Å². The molecule has 0 bridgehead atoms. The first-order valence-corrected chi connectivity index (χ1v) is 6.82. The molecule has 0 aliphatic heterocycles. The van der Waals surface area contributed by atoms with E-state index >= 15 is 0 Å². The molecular formula is C12H7F4NO3S. The summed E-state index contributed by atoms with van der Waals surface area (Å²) in [5.41, 5.74) is -5.45. The molecule has 0 fully saturated rings. The van der Waals surface area contributed by atoms with Gasteiger partial charge in [0.25, 0.3) is 0 Å². The lowest BCUT2D eigenvalue weighted by Crippen LogP contribution is -2.28. The summed E-state index contributed by atoms with van der Waals surface area (Å²) in [7, 11) is -5.83. The minimum absolute atomic E-state index is 0.134. The molecule has 0 aliphatic carbocycles. The molecule has 112 valence electrons. The van der Waals surface area contributed by atoms with Crippen molar-refractivity contribution in [2.45, 2.75) is 5.51 Å². The van der Waals surface area contributed by atoms with E-state index in [1.54, 1.807) is 0 Å². The van der Waals surface area contributed by atoms with Crippen molar-refractivity contribution in [2.24, 2.45) is 0 Å². The Balaban J connectivity index is 2.52. The first-order chi connectivity index (χ1) is 9.71. The highest BCUT2D eigenvalue weighted by molar-refractivity contribution is 7.88. The smallest absolute Gasteiger partial charge is 0.375 e. The van der Waals surface area contributed by atoms with Crippen LogP contribution in [0.1, 0.15) is 0 Å². The second-order valence-electron chi connectivity index (χ2n) is 3.86. The largest absolute Gasteiger partial charge is 0.534 e. The van der Waals surface area contributed by atoms with Crippen LogP contribution in [0.2, 0.25) is 0 Å². The zero-order chi connectivity index (χ0) is 15.7. The average Bonchev–Trinajstić information content (AvgIpc) is 2.40. The molecule has 0 amide bonds. The van der Waals surface area contributed by atoms with Crippen molar-refractivity contribution in [2.75, 3.05) is 0 Å². The number of halogens is 4. The van der Waals surface area contributed by atoms with Crippen LogP contribution in [-0.4, -0.2) is 18.9 Å². The first kappa shape index (κ1) is 15.2. The summed E-state index contributed by atoms with van der Waals surface area (Å²) in [6.07, 6.45) is 2.64. The molecule has 0 spiro atoms. The molecule has 0 N–H and O–H groups in total. The number of nitrogens with zero attached hydrogens (tertiary/aromatic N) is 1. The van der Waals surface area contributed by atoms with Crippen molar-refractivity contribution < 1.29 is 30.2 Å². The van der Waals surface area contributed by atoms with Gasteiger partial charge in [0.15, 0.2) is 5.75 Å². The Kier molecular flexibility index (Phi) is 3.86. The maximum atomic E-state index is 13.3. The zero-order valence-electron chi connectivity index (χ0n) is 10.1. The number of aromatic nitrogens is 1. The minimum atomic E-state index is -5.83. The lowest BCUT2D eigenvalue weighted by Gasteiger charge is -2.13. The number of hydrogen-bond acceptors (Lipinski definition) is 4. The summed E-state index contributed by atoms with van der Waals surface area (Å²) in [6, 6.07) is 5.24. The van der Waals surface area contributed by atoms with Crippen LogP contribution in [0.5, 0.6) is 5.75 Å². The molecule has 0 saturated carbocycles. The second kappa shape index (κ2) is 5.32. The van der Waals surface area contributed by atoms with Crippen LogP contribution in [0.15, 0.2) is 42.7 Å². The van der Waals surface area contributed by atoms with Gasteiger partial charge in [0.2, 0.25) is 0 Å². The van der Waals surface area contributed by atoms with Crippen molar-refractivity contribution in [1.29, 1.82) is 0 Å². The molecule has 1 aromatic carbocycles. The Hall–Kier alpha value is -2.16. The van der Waals surface area contributed by atoms with Crippen molar-refractivity contribution in [3.8, 4) is 16.9 Å². The average molecular weight is 321 g/mol. The van der Waals surface area contributed by atoms with E-state index in [0.717, 1.165) is 18.2 Å². The molecule has 0 radical (unpaired) electrons. The summed E-state index contributed by atoms with van der Waals surface area (Å²) >= 11 is 0. The fraction of sp³-hybridized carbons (Fsp3) is 0.0833. The predicted octanol–water partition coefficient (Wildman–Crippen LogP) is 3.12. The van der Waals surface area contributed by atoms with Gasteiger partial charge in [-0.05, 0) is 35.9 Å². The highest BCUT2D eigenvalue weighted by atomic mass is 32.2.